The quantitative estimate of drug-likeness (QED) is 0.653. The summed E-state index contributed by atoms with van der Waals surface area (Å²) >= 11 is 8.24. The van der Waals surface area contributed by atoms with Crippen LogP contribution in [0.5, 0.6) is 0 Å². The molecule has 7 heteroatoms. The van der Waals surface area contributed by atoms with Crippen LogP contribution in [0.4, 0.5) is 13.2 Å². The number of nitrogens with one attached hydrogen (secondary N) is 1. The molecule has 0 aromatic heterocycles. The molecule has 0 atom stereocenters. The summed E-state index contributed by atoms with van der Waals surface area (Å²) < 4.78 is 37.8. The third-order valence-corrected chi connectivity index (χ3v) is 3.09. The first-order valence-electron chi connectivity index (χ1n) is 5.07. The van der Waals surface area contributed by atoms with Crippen LogP contribution in [-0.4, -0.2) is 18.3 Å². The molecule has 0 aliphatic rings. The maximum atomic E-state index is 12.6. The highest BCUT2D eigenvalue weighted by Crippen LogP contribution is 2.35. The number of carbonyl (C=O) groups excluding carboxylic acids is 1. The Hall–Kier alpha value is -0.750. The van der Waals surface area contributed by atoms with E-state index >= 15 is 0 Å². The average molecular weight is 345 g/mol. The molecule has 0 spiro atoms. The number of amides is 1. The van der Waals surface area contributed by atoms with Crippen molar-refractivity contribution < 1.29 is 18.0 Å². The zero-order chi connectivity index (χ0) is 13.8. The lowest BCUT2D eigenvalue weighted by Gasteiger charge is -2.11. The molecule has 0 aliphatic heterocycles. The molecule has 2 nitrogen and oxygen atoms in total. The first-order valence-corrected chi connectivity index (χ1v) is 6.40. The summed E-state index contributed by atoms with van der Waals surface area (Å²) in [6, 6.07) is 3.36. The van der Waals surface area contributed by atoms with Crippen LogP contribution < -0.4 is 5.32 Å². The van der Waals surface area contributed by atoms with Crippen LogP contribution in [0.2, 0.25) is 0 Å². The van der Waals surface area contributed by atoms with Gasteiger partial charge >= 0.3 is 6.18 Å². The van der Waals surface area contributed by atoms with Crippen molar-refractivity contribution in [1.29, 1.82) is 0 Å². The number of carbonyl (C=O) groups is 1. The van der Waals surface area contributed by atoms with Crippen LogP contribution in [0.3, 0.4) is 0 Å². The van der Waals surface area contributed by atoms with Crippen molar-refractivity contribution in [2.75, 3.05) is 12.4 Å². The molecule has 1 rings (SSSR count). The first kappa shape index (κ1) is 15.3. The van der Waals surface area contributed by atoms with E-state index in [0.29, 0.717) is 18.8 Å². The van der Waals surface area contributed by atoms with Gasteiger partial charge in [0, 0.05) is 22.5 Å². The molecular weight excluding hydrogens is 334 g/mol. The second-order valence-electron chi connectivity index (χ2n) is 3.49. The van der Waals surface area contributed by atoms with E-state index in [1.54, 1.807) is 0 Å². The van der Waals surface area contributed by atoms with Crippen LogP contribution in [-0.2, 0) is 6.18 Å². The Labute approximate surface area is 116 Å². The van der Waals surface area contributed by atoms with Gasteiger partial charge in [-0.05, 0) is 24.6 Å². The van der Waals surface area contributed by atoms with Crippen molar-refractivity contribution in [2.45, 2.75) is 12.6 Å². The Morgan fingerprint density at radius 1 is 1.39 bits per heavy atom. The van der Waals surface area contributed by atoms with E-state index < -0.39 is 17.6 Å². The summed E-state index contributed by atoms with van der Waals surface area (Å²) in [4.78, 5) is 11.6. The standard InChI is InChI=1S/C11H10BrClF3NO/c12-9-3-2-7(6-8(9)11(14,15)16)10(18)17-5-1-4-13/h2-3,6H,1,4-5H2,(H,17,18). The smallest absolute Gasteiger partial charge is 0.352 e. The van der Waals surface area contributed by atoms with Crippen LogP contribution in [0, 0.1) is 0 Å². The van der Waals surface area contributed by atoms with E-state index in [1.807, 2.05) is 0 Å². The van der Waals surface area contributed by atoms with Crippen molar-refractivity contribution in [3.05, 3.63) is 33.8 Å². The predicted molar refractivity (Wildman–Crippen MR) is 66.8 cm³/mol. The molecule has 1 N–H and O–H groups in total. The van der Waals surface area contributed by atoms with E-state index in [0.717, 1.165) is 6.07 Å². The number of alkyl halides is 4. The fourth-order valence-corrected chi connectivity index (χ4v) is 1.86. The average Bonchev–Trinajstić information content (AvgIpc) is 2.28. The van der Waals surface area contributed by atoms with E-state index in [1.165, 1.54) is 12.1 Å². The van der Waals surface area contributed by atoms with E-state index in [-0.39, 0.29) is 10.0 Å². The molecule has 0 heterocycles. The Bertz CT molecular complexity index is 437. The molecule has 0 bridgehead atoms. The summed E-state index contributed by atoms with van der Waals surface area (Å²) in [6.45, 7) is 0.333. The molecular formula is C11H10BrClF3NO. The normalized spacial score (nSPS) is 11.4. The summed E-state index contributed by atoms with van der Waals surface area (Å²) in [5.41, 5.74) is -0.896. The van der Waals surface area contributed by atoms with Gasteiger partial charge in [0.05, 0.1) is 5.56 Å². The van der Waals surface area contributed by atoms with Gasteiger partial charge in [-0.2, -0.15) is 13.2 Å². The molecule has 1 aromatic carbocycles. The molecule has 18 heavy (non-hydrogen) atoms. The van der Waals surface area contributed by atoms with Crippen molar-refractivity contribution >= 4 is 33.4 Å². The summed E-state index contributed by atoms with van der Waals surface area (Å²) in [7, 11) is 0. The highest BCUT2D eigenvalue weighted by molar-refractivity contribution is 9.10. The number of benzene rings is 1. The molecule has 0 radical (unpaired) electrons. The van der Waals surface area contributed by atoms with Crippen LogP contribution >= 0.6 is 27.5 Å². The summed E-state index contributed by atoms with van der Waals surface area (Å²) in [5.74, 6) is -0.160. The van der Waals surface area contributed by atoms with Crippen molar-refractivity contribution in [3.63, 3.8) is 0 Å². The van der Waals surface area contributed by atoms with Crippen LogP contribution in [0.1, 0.15) is 22.3 Å². The second kappa shape index (κ2) is 6.43. The lowest BCUT2D eigenvalue weighted by Crippen LogP contribution is -2.25. The van der Waals surface area contributed by atoms with Crippen molar-refractivity contribution in [2.24, 2.45) is 0 Å². The monoisotopic (exact) mass is 343 g/mol. The number of rotatable bonds is 4. The topological polar surface area (TPSA) is 29.1 Å². The molecule has 1 aromatic rings. The van der Waals surface area contributed by atoms with Gasteiger partial charge in [-0.15, -0.1) is 11.6 Å². The molecule has 100 valence electrons. The third kappa shape index (κ3) is 4.17. The maximum absolute atomic E-state index is 12.6. The first-order chi connectivity index (χ1) is 8.36. The Morgan fingerprint density at radius 3 is 2.61 bits per heavy atom. The van der Waals surface area contributed by atoms with Gasteiger partial charge in [-0.25, -0.2) is 0 Å². The molecule has 0 aliphatic carbocycles. The highest BCUT2D eigenvalue weighted by atomic mass is 79.9. The van der Waals surface area contributed by atoms with E-state index in [9.17, 15) is 18.0 Å². The fraction of sp³-hybridized carbons (Fsp3) is 0.364. The Kier molecular flexibility index (Phi) is 5.47. The summed E-state index contributed by atoms with van der Waals surface area (Å²) in [5, 5.41) is 2.49. The number of halogens is 5. The molecule has 0 fully saturated rings. The lowest BCUT2D eigenvalue weighted by atomic mass is 10.1. The highest BCUT2D eigenvalue weighted by Gasteiger charge is 2.33. The molecule has 0 saturated carbocycles. The minimum absolute atomic E-state index is 0.0277. The number of hydrogen-bond acceptors (Lipinski definition) is 1. The number of hydrogen-bond donors (Lipinski definition) is 1. The van der Waals surface area contributed by atoms with Crippen molar-refractivity contribution in [1.82, 2.24) is 5.32 Å². The molecule has 1 amide bonds. The zero-order valence-corrected chi connectivity index (χ0v) is 11.5. The molecule has 0 saturated heterocycles. The zero-order valence-electron chi connectivity index (χ0n) is 9.15. The SMILES string of the molecule is O=C(NCCCCl)c1ccc(Br)c(C(F)(F)F)c1. The Morgan fingerprint density at radius 2 is 2.06 bits per heavy atom. The van der Waals surface area contributed by atoms with E-state index in [2.05, 4.69) is 21.2 Å². The minimum atomic E-state index is -4.49. The lowest BCUT2D eigenvalue weighted by molar-refractivity contribution is -0.138. The van der Waals surface area contributed by atoms with Gasteiger partial charge in [0.25, 0.3) is 5.91 Å². The second-order valence-corrected chi connectivity index (χ2v) is 4.72. The molecule has 0 unspecified atom stereocenters. The van der Waals surface area contributed by atoms with Crippen molar-refractivity contribution in [3.8, 4) is 0 Å². The van der Waals surface area contributed by atoms with Gasteiger partial charge < -0.3 is 5.32 Å². The van der Waals surface area contributed by atoms with Gasteiger partial charge in [-0.3, -0.25) is 4.79 Å². The van der Waals surface area contributed by atoms with E-state index in [4.69, 9.17) is 11.6 Å². The largest absolute Gasteiger partial charge is 0.417 e. The third-order valence-electron chi connectivity index (χ3n) is 2.13. The minimum Gasteiger partial charge on any atom is -0.352 e. The van der Waals surface area contributed by atoms with Crippen LogP contribution in [0.25, 0.3) is 0 Å². The summed E-state index contributed by atoms with van der Waals surface area (Å²) in [6.07, 6.45) is -3.93. The predicted octanol–water partition coefficient (Wildman–Crippen LogP) is 3.83. The van der Waals surface area contributed by atoms with Gasteiger partial charge in [0.15, 0.2) is 0 Å². The van der Waals surface area contributed by atoms with Gasteiger partial charge in [-0.1, -0.05) is 15.9 Å². The van der Waals surface area contributed by atoms with Gasteiger partial charge in [0.2, 0.25) is 0 Å². The maximum Gasteiger partial charge on any atom is 0.417 e. The fourth-order valence-electron chi connectivity index (χ4n) is 1.25. The van der Waals surface area contributed by atoms with Crippen LogP contribution in [0.15, 0.2) is 22.7 Å². The van der Waals surface area contributed by atoms with Gasteiger partial charge in [0.1, 0.15) is 0 Å². The Balaban J connectivity index is 2.88.